The van der Waals surface area contributed by atoms with E-state index in [2.05, 4.69) is 30.1 Å². The molecular formula is C27H21F4N7O5. The Morgan fingerprint density at radius 3 is 2.47 bits per heavy atom. The van der Waals surface area contributed by atoms with Gasteiger partial charge in [-0.1, -0.05) is 0 Å². The molecule has 12 nitrogen and oxygen atoms in total. The number of hydrogen-bond donors (Lipinski definition) is 2. The van der Waals surface area contributed by atoms with Gasteiger partial charge < -0.3 is 30.0 Å². The summed E-state index contributed by atoms with van der Waals surface area (Å²) >= 11 is 0. The lowest BCUT2D eigenvalue weighted by atomic mass is 10.1. The molecule has 0 atom stereocenters. The molecule has 1 amide bonds. The quantitative estimate of drug-likeness (QED) is 0.214. The molecule has 16 heteroatoms. The number of anilines is 2. The second-order valence-electron chi connectivity index (χ2n) is 8.59. The number of nitrogens with one attached hydrogen (secondary N) is 1. The van der Waals surface area contributed by atoms with E-state index >= 15 is 4.39 Å². The van der Waals surface area contributed by atoms with Crippen LogP contribution in [-0.4, -0.2) is 50.7 Å². The maximum Gasteiger partial charge on any atom is 0.573 e. The number of nitrogens with zero attached hydrogens (tertiary/aromatic N) is 5. The van der Waals surface area contributed by atoms with Crippen molar-refractivity contribution in [3.8, 4) is 34.4 Å². The van der Waals surface area contributed by atoms with Gasteiger partial charge in [0.15, 0.2) is 22.9 Å². The number of carbonyl (C=O) groups excluding carboxylic acids is 1. The second-order valence-corrected chi connectivity index (χ2v) is 8.59. The minimum absolute atomic E-state index is 0.0141. The van der Waals surface area contributed by atoms with Crippen LogP contribution in [0.4, 0.5) is 29.2 Å². The number of carbonyl (C=O) groups is 1. The molecule has 3 aromatic heterocycles. The number of pyridine rings is 1. The third-order valence-corrected chi connectivity index (χ3v) is 5.75. The molecule has 0 bridgehead atoms. The van der Waals surface area contributed by atoms with E-state index in [1.807, 2.05) is 0 Å². The number of rotatable bonds is 9. The molecule has 0 aliphatic heterocycles. The number of fused-ring (bicyclic) bond motifs is 1. The van der Waals surface area contributed by atoms with Crippen LogP contribution in [0.15, 0.2) is 61.2 Å². The molecule has 3 N–H and O–H groups in total. The van der Waals surface area contributed by atoms with Crippen LogP contribution in [0.1, 0.15) is 17.4 Å². The average molecular weight is 600 g/mol. The summed E-state index contributed by atoms with van der Waals surface area (Å²) in [5, 5.41) is 6.80. The van der Waals surface area contributed by atoms with Gasteiger partial charge in [-0.25, -0.2) is 19.0 Å². The summed E-state index contributed by atoms with van der Waals surface area (Å²) in [7, 11) is 1.19. The van der Waals surface area contributed by atoms with E-state index in [-0.39, 0.29) is 57.8 Å². The van der Waals surface area contributed by atoms with Gasteiger partial charge in [0, 0.05) is 23.7 Å². The van der Waals surface area contributed by atoms with Crippen molar-refractivity contribution in [3.63, 3.8) is 0 Å². The highest BCUT2D eigenvalue weighted by Crippen LogP contribution is 2.39. The highest BCUT2D eigenvalue weighted by Gasteiger charge is 2.33. The lowest BCUT2D eigenvalue weighted by Crippen LogP contribution is -2.17. The molecule has 0 spiro atoms. The van der Waals surface area contributed by atoms with Crippen molar-refractivity contribution in [2.24, 2.45) is 0 Å². The SMILES string of the molecule is CCOc1cn(-c2cnc(N)nc2)nc1C(=O)Nc1ccc(Oc2ccnc3cc(OC)c(OC(F)(F)F)cc23)cc1F. The molecule has 0 unspecified atom stereocenters. The summed E-state index contributed by atoms with van der Waals surface area (Å²) < 4.78 is 75.5. The Balaban J connectivity index is 1.38. The van der Waals surface area contributed by atoms with E-state index in [9.17, 15) is 18.0 Å². The predicted molar refractivity (Wildman–Crippen MR) is 144 cm³/mol. The molecule has 0 radical (unpaired) electrons. The van der Waals surface area contributed by atoms with Crippen molar-refractivity contribution in [3.05, 3.63) is 72.7 Å². The van der Waals surface area contributed by atoms with Crippen molar-refractivity contribution in [2.75, 3.05) is 24.8 Å². The Morgan fingerprint density at radius 1 is 1.02 bits per heavy atom. The largest absolute Gasteiger partial charge is 0.573 e. The highest BCUT2D eigenvalue weighted by molar-refractivity contribution is 6.04. The molecule has 3 heterocycles. The molecule has 2 aromatic carbocycles. The molecular weight excluding hydrogens is 578 g/mol. The molecule has 222 valence electrons. The molecule has 0 aliphatic carbocycles. The van der Waals surface area contributed by atoms with E-state index in [1.54, 1.807) is 6.92 Å². The van der Waals surface area contributed by atoms with Crippen LogP contribution in [0, 0.1) is 5.82 Å². The monoisotopic (exact) mass is 599 g/mol. The first-order valence-corrected chi connectivity index (χ1v) is 12.4. The fourth-order valence-electron chi connectivity index (χ4n) is 3.91. The van der Waals surface area contributed by atoms with E-state index < -0.39 is 23.8 Å². The normalized spacial score (nSPS) is 11.3. The number of nitrogens with two attached hydrogens (primary N) is 1. The number of benzene rings is 2. The van der Waals surface area contributed by atoms with Gasteiger partial charge in [-0.2, -0.15) is 5.10 Å². The molecule has 0 saturated heterocycles. The topological polar surface area (TPSA) is 149 Å². The Bertz CT molecular complexity index is 1800. The number of amides is 1. The standard InChI is InChI=1S/C27H21F4N7O5/c1-3-41-23-13-38(14-11-34-26(32)35-12-14)37-24(23)25(39)36-18-5-4-15(8-17(18)28)42-20-6-7-33-19-10-21(40-2)22(9-16(19)20)43-27(29,30)31/h4-13H,3H2,1-2H3,(H,36,39)(H2,32,34,35). The van der Waals surface area contributed by atoms with Gasteiger partial charge in [0.2, 0.25) is 5.95 Å². The Morgan fingerprint density at radius 2 is 1.79 bits per heavy atom. The molecule has 0 fully saturated rings. The third kappa shape index (κ3) is 6.47. The Kier molecular flexibility index (Phi) is 7.83. The van der Waals surface area contributed by atoms with Crippen molar-refractivity contribution < 1.29 is 41.3 Å². The zero-order valence-corrected chi connectivity index (χ0v) is 22.3. The van der Waals surface area contributed by atoms with Gasteiger partial charge >= 0.3 is 6.36 Å². The maximum atomic E-state index is 15.1. The van der Waals surface area contributed by atoms with Crippen molar-refractivity contribution in [1.82, 2.24) is 24.7 Å². The summed E-state index contributed by atoms with van der Waals surface area (Å²) in [6.45, 7) is 1.95. The number of aromatic nitrogens is 5. The first kappa shape index (κ1) is 28.8. The third-order valence-electron chi connectivity index (χ3n) is 5.75. The van der Waals surface area contributed by atoms with Gasteiger partial charge in [-0.15, -0.1) is 13.2 Å². The summed E-state index contributed by atoms with van der Waals surface area (Å²) in [5.41, 5.74) is 5.83. The van der Waals surface area contributed by atoms with E-state index in [1.165, 1.54) is 60.8 Å². The summed E-state index contributed by atoms with van der Waals surface area (Å²) in [6, 6.07) is 7.29. The van der Waals surface area contributed by atoms with Gasteiger partial charge in [0.25, 0.3) is 5.91 Å². The van der Waals surface area contributed by atoms with Crippen LogP contribution in [0.2, 0.25) is 0 Å². The van der Waals surface area contributed by atoms with E-state index in [0.29, 0.717) is 5.69 Å². The van der Waals surface area contributed by atoms with E-state index in [0.717, 1.165) is 12.1 Å². The number of hydrogen-bond acceptors (Lipinski definition) is 10. The Labute approximate surface area is 240 Å². The second kappa shape index (κ2) is 11.7. The van der Waals surface area contributed by atoms with Crippen LogP contribution in [0.25, 0.3) is 16.6 Å². The molecule has 0 saturated carbocycles. The first-order valence-electron chi connectivity index (χ1n) is 12.4. The zero-order chi connectivity index (χ0) is 30.7. The zero-order valence-electron chi connectivity index (χ0n) is 22.3. The highest BCUT2D eigenvalue weighted by atomic mass is 19.4. The minimum Gasteiger partial charge on any atom is -0.493 e. The van der Waals surface area contributed by atoms with Crippen LogP contribution in [0.3, 0.4) is 0 Å². The molecule has 43 heavy (non-hydrogen) atoms. The van der Waals surface area contributed by atoms with Crippen LogP contribution >= 0.6 is 0 Å². The van der Waals surface area contributed by atoms with Gasteiger partial charge in [0.1, 0.15) is 23.0 Å². The number of halogens is 4. The first-order chi connectivity index (χ1) is 20.5. The van der Waals surface area contributed by atoms with Gasteiger partial charge in [-0.05, 0) is 31.2 Å². The van der Waals surface area contributed by atoms with Crippen LogP contribution < -0.4 is 30.0 Å². The number of methoxy groups -OCH3 is 1. The lowest BCUT2D eigenvalue weighted by molar-refractivity contribution is -0.275. The fourth-order valence-corrected chi connectivity index (χ4v) is 3.91. The van der Waals surface area contributed by atoms with Crippen LogP contribution in [-0.2, 0) is 0 Å². The Hall–Kier alpha value is -5.67. The minimum atomic E-state index is -4.97. The number of ether oxygens (including phenoxy) is 4. The fraction of sp³-hybridized carbons (Fsp3) is 0.148. The summed E-state index contributed by atoms with van der Waals surface area (Å²) in [6.07, 6.45) is 0.633. The van der Waals surface area contributed by atoms with Crippen molar-refractivity contribution >= 4 is 28.4 Å². The maximum absolute atomic E-state index is 15.1. The molecule has 5 aromatic rings. The molecule has 5 rings (SSSR count). The number of nitrogen functional groups attached to an aromatic ring is 1. The van der Waals surface area contributed by atoms with Crippen molar-refractivity contribution in [1.29, 1.82) is 0 Å². The average Bonchev–Trinajstić information content (AvgIpc) is 3.38. The predicted octanol–water partition coefficient (Wildman–Crippen LogP) is 5.28. The van der Waals surface area contributed by atoms with E-state index in [4.69, 9.17) is 19.9 Å². The smallest absolute Gasteiger partial charge is 0.493 e. The molecule has 0 aliphatic rings. The summed E-state index contributed by atoms with van der Waals surface area (Å²) in [5.74, 6) is -2.20. The van der Waals surface area contributed by atoms with Gasteiger partial charge in [0.05, 0.1) is 43.5 Å². The lowest BCUT2D eigenvalue weighted by Gasteiger charge is -2.15. The van der Waals surface area contributed by atoms with Crippen molar-refractivity contribution in [2.45, 2.75) is 13.3 Å². The van der Waals surface area contributed by atoms with Crippen LogP contribution in [0.5, 0.6) is 28.7 Å². The van der Waals surface area contributed by atoms with Gasteiger partial charge in [-0.3, -0.25) is 9.78 Å². The number of alkyl halides is 3. The summed E-state index contributed by atoms with van der Waals surface area (Å²) in [4.78, 5) is 24.9.